The van der Waals surface area contributed by atoms with Gasteiger partial charge in [-0.15, -0.1) is 0 Å². The maximum absolute atomic E-state index is 13.1. The Balaban J connectivity index is 2.26. The number of ketones is 1. The van der Waals surface area contributed by atoms with E-state index in [1.165, 1.54) is 11.6 Å². The summed E-state index contributed by atoms with van der Waals surface area (Å²) in [7, 11) is 3.06. The van der Waals surface area contributed by atoms with Gasteiger partial charge < -0.3 is 0 Å². The fourth-order valence-electron chi connectivity index (χ4n) is 4.11. The predicted octanol–water partition coefficient (Wildman–Crippen LogP) is 2.53. The Morgan fingerprint density at radius 2 is 1.61 bits per heavy atom. The molecule has 3 aromatic rings. The Bertz CT molecular complexity index is 1270. The number of rotatable bonds is 1. The standard InChI is InChI=1S/C21H20ClN3O3/c1-21(2)9-13-16(14(26)10-21)15(11-5-7-12(22)8-6-11)17-18(23-13)24(3)20(28)25(4)19(17)27/h5-8H,9-10H2,1-4H3/p+1. The van der Waals surface area contributed by atoms with Crippen LogP contribution in [0.4, 0.5) is 0 Å². The molecule has 0 amide bonds. The van der Waals surface area contributed by atoms with Gasteiger partial charge in [0.05, 0.1) is 12.6 Å². The molecule has 0 spiro atoms. The molecule has 28 heavy (non-hydrogen) atoms. The van der Waals surface area contributed by atoms with Gasteiger partial charge in [0.15, 0.2) is 5.78 Å². The highest BCUT2D eigenvalue weighted by atomic mass is 35.5. The molecule has 144 valence electrons. The van der Waals surface area contributed by atoms with Crippen molar-refractivity contribution in [2.75, 3.05) is 0 Å². The lowest BCUT2D eigenvalue weighted by molar-refractivity contribution is -0.365. The highest BCUT2D eigenvalue weighted by Crippen LogP contribution is 2.39. The Morgan fingerprint density at radius 3 is 2.25 bits per heavy atom. The molecule has 0 unspecified atom stereocenters. The second-order valence-corrected chi connectivity index (χ2v) is 8.67. The van der Waals surface area contributed by atoms with Gasteiger partial charge in [-0.3, -0.25) is 9.59 Å². The van der Waals surface area contributed by atoms with Gasteiger partial charge in [0.25, 0.3) is 11.2 Å². The van der Waals surface area contributed by atoms with Gasteiger partial charge in [-0.2, -0.15) is 4.57 Å². The number of benzene rings is 1. The van der Waals surface area contributed by atoms with E-state index >= 15 is 0 Å². The molecule has 0 aliphatic heterocycles. The summed E-state index contributed by atoms with van der Waals surface area (Å²) in [6.45, 7) is 4.08. The van der Waals surface area contributed by atoms with Crippen LogP contribution in [0.3, 0.4) is 0 Å². The van der Waals surface area contributed by atoms with E-state index in [9.17, 15) is 14.4 Å². The number of aromatic amines is 1. The second-order valence-electron chi connectivity index (χ2n) is 8.23. The molecule has 0 saturated carbocycles. The van der Waals surface area contributed by atoms with Gasteiger partial charge in [-0.1, -0.05) is 37.6 Å². The van der Waals surface area contributed by atoms with Gasteiger partial charge in [0.1, 0.15) is 11.1 Å². The summed E-state index contributed by atoms with van der Waals surface area (Å²) in [6, 6.07) is 7.06. The summed E-state index contributed by atoms with van der Waals surface area (Å²) in [5, 5.41) is 0.899. The molecule has 7 heteroatoms. The number of pyridine rings is 1. The van der Waals surface area contributed by atoms with E-state index in [1.54, 1.807) is 31.3 Å². The van der Waals surface area contributed by atoms with E-state index in [4.69, 9.17) is 11.6 Å². The Hall–Kier alpha value is -2.73. The van der Waals surface area contributed by atoms with Crippen molar-refractivity contribution in [2.45, 2.75) is 26.7 Å². The van der Waals surface area contributed by atoms with Crippen molar-refractivity contribution in [1.29, 1.82) is 0 Å². The molecule has 1 aliphatic carbocycles. The third kappa shape index (κ3) is 2.71. The first-order valence-corrected chi connectivity index (χ1v) is 9.45. The van der Waals surface area contributed by atoms with Crippen LogP contribution in [0.25, 0.3) is 22.2 Å². The summed E-state index contributed by atoms with van der Waals surface area (Å²) in [4.78, 5) is 41.9. The third-order valence-corrected chi connectivity index (χ3v) is 5.69. The largest absolute Gasteiger partial charge is 0.417 e. The Morgan fingerprint density at radius 1 is 0.964 bits per heavy atom. The number of H-pyrrole nitrogens is 1. The van der Waals surface area contributed by atoms with Gasteiger partial charge in [0.2, 0.25) is 0 Å². The molecule has 2 heterocycles. The molecule has 6 nitrogen and oxygen atoms in total. The number of carbonyl (C=O) groups is 1. The smallest absolute Gasteiger partial charge is 0.294 e. The number of aryl methyl sites for hydroxylation is 1. The van der Waals surface area contributed by atoms with Crippen molar-refractivity contribution in [3.8, 4) is 11.1 Å². The Kier molecular flexibility index (Phi) is 4.08. The molecule has 0 bridgehead atoms. The number of hydrogen-bond acceptors (Lipinski definition) is 3. The van der Waals surface area contributed by atoms with Crippen molar-refractivity contribution < 1.29 is 9.78 Å². The quantitative estimate of drug-likeness (QED) is 0.632. The predicted molar refractivity (Wildman–Crippen MR) is 108 cm³/mol. The number of halogens is 1. The van der Waals surface area contributed by atoms with Crippen LogP contribution in [0.5, 0.6) is 0 Å². The number of hydrogen-bond donors (Lipinski definition) is 0. The maximum atomic E-state index is 13.1. The minimum atomic E-state index is -0.431. The third-order valence-electron chi connectivity index (χ3n) is 5.44. The van der Waals surface area contributed by atoms with E-state index in [-0.39, 0.29) is 11.2 Å². The van der Waals surface area contributed by atoms with Crippen LogP contribution in [0.15, 0.2) is 33.9 Å². The second kappa shape index (κ2) is 6.14. The molecule has 2 aromatic heterocycles. The summed E-state index contributed by atoms with van der Waals surface area (Å²) in [5.74, 6) is -0.00902. The molecule has 4 rings (SSSR count). The summed E-state index contributed by atoms with van der Waals surface area (Å²) >= 11 is 6.04. The summed E-state index contributed by atoms with van der Waals surface area (Å²) in [6.07, 6.45) is 1.04. The lowest BCUT2D eigenvalue weighted by atomic mass is 9.73. The van der Waals surface area contributed by atoms with Crippen LogP contribution in [0, 0.1) is 5.41 Å². The fourth-order valence-corrected chi connectivity index (χ4v) is 4.23. The zero-order chi connectivity index (χ0) is 20.4. The number of carbonyl (C=O) groups excluding carboxylic acids is 1. The number of nitrogens with zero attached hydrogens (tertiary/aromatic N) is 2. The lowest BCUT2D eigenvalue weighted by Crippen LogP contribution is -2.42. The Labute approximate surface area is 166 Å². The van der Waals surface area contributed by atoms with Crippen LogP contribution < -0.4 is 16.2 Å². The average molecular weight is 399 g/mol. The van der Waals surface area contributed by atoms with Gasteiger partial charge in [-0.25, -0.2) is 14.3 Å². The first-order valence-electron chi connectivity index (χ1n) is 9.08. The average Bonchev–Trinajstić information content (AvgIpc) is 2.63. The van der Waals surface area contributed by atoms with Crippen LogP contribution in [0.2, 0.25) is 5.02 Å². The minimum Gasteiger partial charge on any atom is -0.294 e. The first-order chi connectivity index (χ1) is 13.1. The molecule has 1 aromatic carbocycles. The number of aromatic nitrogens is 3. The van der Waals surface area contributed by atoms with E-state index < -0.39 is 11.2 Å². The zero-order valence-corrected chi connectivity index (χ0v) is 17.0. The number of nitrogens with one attached hydrogen (secondary N) is 1. The van der Waals surface area contributed by atoms with Gasteiger partial charge in [0, 0.05) is 30.5 Å². The van der Waals surface area contributed by atoms with E-state index in [2.05, 4.69) is 4.98 Å². The zero-order valence-electron chi connectivity index (χ0n) is 16.2. The van der Waals surface area contributed by atoms with Crippen molar-refractivity contribution in [2.24, 2.45) is 19.5 Å². The normalized spacial score (nSPS) is 15.7. The van der Waals surface area contributed by atoms with Crippen LogP contribution in [-0.2, 0) is 20.5 Å². The molecule has 1 N–H and O–H groups in total. The molecular formula is C21H21ClN3O3+. The highest BCUT2D eigenvalue weighted by molar-refractivity contribution is 6.30. The molecule has 0 saturated heterocycles. The van der Waals surface area contributed by atoms with Crippen LogP contribution in [0.1, 0.15) is 36.3 Å². The van der Waals surface area contributed by atoms with E-state index in [0.29, 0.717) is 40.0 Å². The van der Waals surface area contributed by atoms with Crippen molar-refractivity contribution in [3.05, 3.63) is 61.4 Å². The first kappa shape index (κ1) is 18.6. The van der Waals surface area contributed by atoms with Gasteiger partial charge in [-0.05, 0) is 23.1 Å². The minimum absolute atomic E-state index is 0.00902. The van der Waals surface area contributed by atoms with E-state index in [1.807, 2.05) is 13.8 Å². The van der Waals surface area contributed by atoms with Gasteiger partial charge >= 0.3 is 5.69 Å². The topological polar surface area (TPSA) is 75.2 Å². The summed E-state index contributed by atoms with van der Waals surface area (Å²) < 4.78 is 2.49. The number of Topliss-reactive ketones (excluding diaryl/α,β-unsaturated/α-hetero) is 1. The lowest BCUT2D eigenvalue weighted by Gasteiger charge is -2.29. The van der Waals surface area contributed by atoms with Crippen LogP contribution >= 0.6 is 11.6 Å². The molecule has 0 atom stereocenters. The van der Waals surface area contributed by atoms with E-state index in [0.717, 1.165) is 15.8 Å². The number of fused-ring (bicyclic) bond motifs is 2. The monoisotopic (exact) mass is 398 g/mol. The molecule has 0 radical (unpaired) electrons. The summed E-state index contributed by atoms with van der Waals surface area (Å²) in [5.41, 5.74) is 1.94. The molecule has 0 fully saturated rings. The fraction of sp³-hybridized carbons (Fsp3) is 0.333. The highest BCUT2D eigenvalue weighted by Gasteiger charge is 2.38. The molecule has 1 aliphatic rings. The van der Waals surface area contributed by atoms with Crippen molar-refractivity contribution in [1.82, 2.24) is 9.13 Å². The van der Waals surface area contributed by atoms with Crippen molar-refractivity contribution >= 4 is 28.4 Å². The molecular weight excluding hydrogens is 378 g/mol. The maximum Gasteiger partial charge on any atom is 0.417 e. The van der Waals surface area contributed by atoms with Crippen LogP contribution in [-0.4, -0.2) is 14.9 Å². The van der Waals surface area contributed by atoms with Crippen molar-refractivity contribution in [3.63, 3.8) is 0 Å². The SMILES string of the molecule is Cn1c(=O)c2c(-c3ccc(Cl)cc3)c3c([nH+]c2n(C)c1=O)CC(C)(C)CC3=O.